The summed E-state index contributed by atoms with van der Waals surface area (Å²) in [6.07, 6.45) is 1.63. The number of hydrogen-bond acceptors (Lipinski definition) is 10. The fourth-order valence-corrected chi connectivity index (χ4v) is 7.08. The van der Waals surface area contributed by atoms with Gasteiger partial charge in [-0.3, -0.25) is 19.5 Å². The van der Waals surface area contributed by atoms with Gasteiger partial charge in [-0.1, -0.05) is 29.5 Å². The van der Waals surface area contributed by atoms with Gasteiger partial charge < -0.3 is 18.9 Å². The maximum absolute atomic E-state index is 14.2. The average Bonchev–Trinajstić information content (AvgIpc) is 3.34. The van der Waals surface area contributed by atoms with Crippen LogP contribution >= 0.6 is 33.9 Å². The van der Waals surface area contributed by atoms with Gasteiger partial charge in [-0.25, -0.2) is 9.79 Å². The van der Waals surface area contributed by atoms with Crippen LogP contribution in [-0.4, -0.2) is 34.8 Å². The number of para-hydroxylation sites is 1. The summed E-state index contributed by atoms with van der Waals surface area (Å²) in [7, 11) is 0. The maximum Gasteiger partial charge on any atom is 0.338 e. The van der Waals surface area contributed by atoms with E-state index in [1.54, 1.807) is 38.1 Å². The summed E-state index contributed by atoms with van der Waals surface area (Å²) in [5.41, 5.74) is 2.55. The molecule has 0 saturated carbocycles. The second-order valence-electron chi connectivity index (χ2n) is 11.0. The van der Waals surface area contributed by atoms with E-state index in [1.807, 2.05) is 51.1 Å². The Kier molecular flexibility index (Phi) is 11.0. The van der Waals surface area contributed by atoms with Crippen molar-refractivity contribution >= 4 is 51.7 Å². The molecule has 0 spiro atoms. The first-order chi connectivity index (χ1) is 23.0. The van der Waals surface area contributed by atoms with E-state index in [-0.39, 0.29) is 36.1 Å². The molecule has 0 N–H and O–H groups in total. The summed E-state index contributed by atoms with van der Waals surface area (Å²) in [5.74, 6) is 1.02. The van der Waals surface area contributed by atoms with Crippen LogP contribution < -0.4 is 29.1 Å². The molecule has 11 nitrogen and oxygen atoms in total. The molecule has 0 aliphatic carbocycles. The van der Waals surface area contributed by atoms with E-state index in [1.165, 1.54) is 28.0 Å². The number of carbonyl (C=O) groups is 1. The number of thiazole rings is 1. The van der Waals surface area contributed by atoms with Crippen LogP contribution in [0.25, 0.3) is 6.08 Å². The van der Waals surface area contributed by atoms with Crippen LogP contribution in [0.15, 0.2) is 81.7 Å². The Bertz CT molecular complexity index is 2070. The first kappa shape index (κ1) is 34.8. The topological polar surface area (TPSA) is 131 Å². The number of nitro benzene ring substituents is 1. The summed E-state index contributed by atoms with van der Waals surface area (Å²) in [4.78, 5) is 43.3. The molecule has 4 aromatic rings. The monoisotopic (exact) mass is 783 g/mol. The molecule has 0 unspecified atom stereocenters. The minimum absolute atomic E-state index is 0.00432. The Balaban J connectivity index is 1.58. The lowest BCUT2D eigenvalue weighted by atomic mass is 9.95. The molecule has 0 bridgehead atoms. The highest BCUT2D eigenvalue weighted by Gasteiger charge is 2.35. The summed E-state index contributed by atoms with van der Waals surface area (Å²) in [5, 5.41) is 11.0. The van der Waals surface area contributed by atoms with Gasteiger partial charge in [0.25, 0.3) is 11.2 Å². The minimum Gasteiger partial charge on any atom is -0.491 e. The van der Waals surface area contributed by atoms with Crippen molar-refractivity contribution in [2.24, 2.45) is 4.99 Å². The zero-order chi connectivity index (χ0) is 34.5. The molecule has 0 radical (unpaired) electrons. The normalized spacial score (nSPS) is 14.4. The highest BCUT2D eigenvalue weighted by molar-refractivity contribution is 14.1. The molecule has 1 aliphatic rings. The van der Waals surface area contributed by atoms with E-state index in [0.717, 1.165) is 9.13 Å². The predicted molar refractivity (Wildman–Crippen MR) is 190 cm³/mol. The smallest absolute Gasteiger partial charge is 0.338 e. The number of carbonyl (C=O) groups excluding carboxylic acids is 1. The van der Waals surface area contributed by atoms with Gasteiger partial charge in [0, 0.05) is 17.7 Å². The van der Waals surface area contributed by atoms with Crippen molar-refractivity contribution < 1.29 is 28.7 Å². The molecule has 1 aliphatic heterocycles. The lowest BCUT2D eigenvalue weighted by molar-refractivity contribution is -0.384. The average molecular weight is 784 g/mol. The first-order valence-corrected chi connectivity index (χ1v) is 17.2. The summed E-state index contributed by atoms with van der Waals surface area (Å²) in [6, 6.07) is 16.4. The molecule has 5 rings (SSSR count). The molecule has 0 amide bonds. The van der Waals surface area contributed by atoms with Crippen LogP contribution in [0, 0.1) is 13.7 Å². The molecule has 0 saturated heterocycles. The molecule has 0 fully saturated rings. The number of aromatic nitrogens is 1. The number of benzene rings is 3. The Morgan fingerprint density at radius 3 is 2.48 bits per heavy atom. The number of halogens is 1. The van der Waals surface area contributed by atoms with Crippen molar-refractivity contribution in [3.63, 3.8) is 0 Å². The Hall–Kier alpha value is -4.50. The van der Waals surface area contributed by atoms with Crippen LogP contribution in [0.4, 0.5) is 5.69 Å². The van der Waals surface area contributed by atoms with Crippen LogP contribution in [0.1, 0.15) is 57.4 Å². The van der Waals surface area contributed by atoms with Gasteiger partial charge in [-0.05, 0) is 105 Å². The Morgan fingerprint density at radius 2 is 1.81 bits per heavy atom. The van der Waals surface area contributed by atoms with Gasteiger partial charge in [-0.15, -0.1) is 0 Å². The highest BCUT2D eigenvalue weighted by Crippen LogP contribution is 2.37. The van der Waals surface area contributed by atoms with E-state index < -0.39 is 16.9 Å². The van der Waals surface area contributed by atoms with Gasteiger partial charge in [0.05, 0.1) is 43.6 Å². The van der Waals surface area contributed by atoms with Crippen molar-refractivity contribution in [3.8, 4) is 17.2 Å². The van der Waals surface area contributed by atoms with Gasteiger partial charge in [0.1, 0.15) is 18.4 Å². The third-order valence-electron chi connectivity index (χ3n) is 7.25. The van der Waals surface area contributed by atoms with E-state index in [9.17, 15) is 19.7 Å². The molecule has 250 valence electrons. The molecule has 1 atom stereocenters. The fourth-order valence-electron chi connectivity index (χ4n) is 5.25. The van der Waals surface area contributed by atoms with E-state index in [0.29, 0.717) is 50.0 Å². The number of fused-ring (bicyclic) bond motifs is 1. The largest absolute Gasteiger partial charge is 0.491 e. The molecule has 48 heavy (non-hydrogen) atoms. The first-order valence-electron chi connectivity index (χ1n) is 15.3. The van der Waals surface area contributed by atoms with Gasteiger partial charge in [0.2, 0.25) is 0 Å². The zero-order valence-electron chi connectivity index (χ0n) is 27.0. The summed E-state index contributed by atoms with van der Waals surface area (Å²) in [6.45, 7) is 9.90. The molecule has 2 heterocycles. The SMILES string of the molecule is CCOC(=O)C1=C(C)N=c2s/c(=C\c3cc(I)c(OCc4ccc([N+](=O)[O-])cc4)c(OCC)c3)c(=O)n2[C@H]1c1ccccc1OC(C)C. The number of esters is 1. The second-order valence-corrected chi connectivity index (χ2v) is 13.2. The van der Waals surface area contributed by atoms with Crippen molar-refractivity contribution in [1.82, 2.24) is 4.57 Å². The van der Waals surface area contributed by atoms with Crippen LogP contribution in [-0.2, 0) is 16.1 Å². The van der Waals surface area contributed by atoms with Crippen molar-refractivity contribution in [1.29, 1.82) is 0 Å². The fraction of sp³-hybridized carbons (Fsp3) is 0.286. The van der Waals surface area contributed by atoms with E-state index in [2.05, 4.69) is 27.6 Å². The minimum atomic E-state index is -0.813. The lowest BCUT2D eigenvalue weighted by Crippen LogP contribution is -2.40. The Labute approximate surface area is 294 Å². The summed E-state index contributed by atoms with van der Waals surface area (Å²) < 4.78 is 26.3. The quantitative estimate of drug-likeness (QED) is 0.0732. The highest BCUT2D eigenvalue weighted by atomic mass is 127. The van der Waals surface area contributed by atoms with Crippen LogP contribution in [0.3, 0.4) is 0 Å². The standard InChI is InChI=1S/C35H34IN3O8S/c1-6-44-28-17-23(16-26(36)32(28)46-19-22-12-14-24(15-13-22)39(42)43)18-29-33(40)38-31(25-10-8-9-11-27(25)47-20(3)4)30(34(41)45-7-2)21(5)37-35(38)48-29/h8-18,20,31H,6-7,19H2,1-5H3/b29-18-/t31-/m0/s1. The number of ether oxygens (including phenoxy) is 4. The lowest BCUT2D eigenvalue weighted by Gasteiger charge is -2.26. The number of rotatable bonds is 12. The third-order valence-corrected chi connectivity index (χ3v) is 9.04. The van der Waals surface area contributed by atoms with Gasteiger partial charge >= 0.3 is 5.97 Å². The van der Waals surface area contributed by atoms with Crippen molar-refractivity contribution in [2.45, 2.75) is 53.4 Å². The molecule has 13 heteroatoms. The second kappa shape index (κ2) is 15.2. The summed E-state index contributed by atoms with van der Waals surface area (Å²) >= 11 is 3.38. The van der Waals surface area contributed by atoms with Crippen molar-refractivity contribution in [2.75, 3.05) is 13.2 Å². The number of allylic oxidation sites excluding steroid dienone is 1. The number of nitro groups is 1. The van der Waals surface area contributed by atoms with Crippen molar-refractivity contribution in [3.05, 3.63) is 122 Å². The predicted octanol–water partition coefficient (Wildman–Crippen LogP) is 6.08. The van der Waals surface area contributed by atoms with Crippen LogP contribution in [0.5, 0.6) is 17.2 Å². The molecular weight excluding hydrogens is 749 g/mol. The molecular formula is C35H34IN3O8S. The number of nitrogens with zero attached hydrogens (tertiary/aromatic N) is 3. The third kappa shape index (κ3) is 7.46. The Morgan fingerprint density at radius 1 is 1.08 bits per heavy atom. The van der Waals surface area contributed by atoms with E-state index >= 15 is 0 Å². The molecule has 1 aromatic heterocycles. The zero-order valence-corrected chi connectivity index (χ0v) is 30.0. The number of hydrogen-bond donors (Lipinski definition) is 0. The van der Waals surface area contributed by atoms with Gasteiger partial charge in [0.15, 0.2) is 16.3 Å². The van der Waals surface area contributed by atoms with Crippen LogP contribution in [0.2, 0.25) is 0 Å². The van der Waals surface area contributed by atoms with Gasteiger partial charge in [-0.2, -0.15) is 0 Å². The number of non-ortho nitro benzene ring substituents is 1. The van der Waals surface area contributed by atoms with E-state index in [4.69, 9.17) is 18.9 Å². The maximum atomic E-state index is 14.2. The molecule has 3 aromatic carbocycles.